The molecule has 3 rings (SSSR count). The molecular formula is C16H14F2. The molecule has 0 radical (unpaired) electrons. The van der Waals surface area contributed by atoms with Crippen LogP contribution in [0.25, 0.3) is 11.1 Å². The largest absolute Gasteiger partial charge is 0.206 e. The third-order valence-electron chi connectivity index (χ3n) is 3.79. The first kappa shape index (κ1) is 11.4. The average Bonchev–Trinajstić information content (AvgIpc) is 2.38. The number of rotatable bonds is 0. The fraction of sp³-hybridized carbons (Fsp3) is 0.250. The van der Waals surface area contributed by atoms with E-state index >= 15 is 0 Å². The van der Waals surface area contributed by atoms with E-state index in [4.69, 9.17) is 0 Å². The number of halogens is 2. The van der Waals surface area contributed by atoms with E-state index in [2.05, 4.69) is 0 Å². The highest BCUT2D eigenvalue weighted by molar-refractivity contribution is 5.74. The first-order chi connectivity index (χ1) is 8.59. The molecule has 0 saturated carbocycles. The topological polar surface area (TPSA) is 0 Å². The van der Waals surface area contributed by atoms with Crippen molar-refractivity contribution in [1.82, 2.24) is 0 Å². The quantitative estimate of drug-likeness (QED) is 0.646. The Bertz CT molecular complexity index is 585. The van der Waals surface area contributed by atoms with Gasteiger partial charge in [0.15, 0.2) is 0 Å². The molecule has 1 aliphatic carbocycles. The standard InChI is InChI=1S/C16H14F2/c1-9-3-5-11-12-6-4-10(2)16(18)14(12)8-7-13(11)15(9)17/h3-6H,7-8H2,1-2H3. The van der Waals surface area contributed by atoms with Gasteiger partial charge < -0.3 is 0 Å². The Balaban J connectivity index is 2.31. The van der Waals surface area contributed by atoms with Crippen LogP contribution >= 0.6 is 0 Å². The Morgan fingerprint density at radius 2 is 1.11 bits per heavy atom. The van der Waals surface area contributed by atoms with Crippen molar-refractivity contribution in [1.29, 1.82) is 0 Å². The van der Waals surface area contributed by atoms with E-state index in [1.54, 1.807) is 26.0 Å². The lowest BCUT2D eigenvalue weighted by Gasteiger charge is -2.22. The summed E-state index contributed by atoms with van der Waals surface area (Å²) in [5.41, 5.74) is 4.46. The smallest absolute Gasteiger partial charge is 0.129 e. The third-order valence-corrected chi connectivity index (χ3v) is 3.79. The minimum absolute atomic E-state index is 0.140. The molecule has 2 aromatic rings. The summed E-state index contributed by atoms with van der Waals surface area (Å²) in [6.07, 6.45) is 1.16. The third kappa shape index (κ3) is 1.48. The maximum Gasteiger partial charge on any atom is 0.129 e. The van der Waals surface area contributed by atoms with Crippen molar-refractivity contribution < 1.29 is 8.78 Å². The average molecular weight is 244 g/mol. The Morgan fingerprint density at radius 3 is 1.50 bits per heavy atom. The molecule has 0 atom stereocenters. The number of fused-ring (bicyclic) bond motifs is 3. The lowest BCUT2D eigenvalue weighted by Crippen LogP contribution is -2.10. The minimum Gasteiger partial charge on any atom is -0.206 e. The minimum atomic E-state index is -0.140. The molecule has 0 heterocycles. The maximum atomic E-state index is 14.1. The molecule has 0 aromatic heterocycles. The Kier molecular flexibility index (Phi) is 2.47. The van der Waals surface area contributed by atoms with Crippen LogP contribution in [-0.4, -0.2) is 0 Å². The van der Waals surface area contributed by atoms with Gasteiger partial charge in [-0.05, 0) is 60.1 Å². The molecule has 1 aliphatic rings. The van der Waals surface area contributed by atoms with E-state index < -0.39 is 0 Å². The summed E-state index contributed by atoms with van der Waals surface area (Å²) in [5.74, 6) is -0.279. The van der Waals surface area contributed by atoms with Crippen LogP contribution in [0.4, 0.5) is 8.78 Å². The van der Waals surface area contributed by atoms with Crippen molar-refractivity contribution in [3.8, 4) is 11.1 Å². The molecule has 0 saturated heterocycles. The lowest BCUT2D eigenvalue weighted by atomic mass is 9.83. The predicted molar refractivity (Wildman–Crippen MR) is 68.7 cm³/mol. The van der Waals surface area contributed by atoms with Gasteiger partial charge in [0, 0.05) is 0 Å². The van der Waals surface area contributed by atoms with Gasteiger partial charge in [0.2, 0.25) is 0 Å². The number of aryl methyl sites for hydroxylation is 2. The van der Waals surface area contributed by atoms with Gasteiger partial charge in [-0.1, -0.05) is 24.3 Å². The molecule has 0 N–H and O–H groups in total. The predicted octanol–water partition coefficient (Wildman–Crippen LogP) is 4.35. The SMILES string of the molecule is Cc1ccc2c(c1F)CCc1c-2ccc(C)c1F. The van der Waals surface area contributed by atoms with Crippen LogP contribution in [0.3, 0.4) is 0 Å². The van der Waals surface area contributed by atoms with Crippen molar-refractivity contribution in [3.63, 3.8) is 0 Å². The fourth-order valence-corrected chi connectivity index (χ4v) is 2.72. The second-order valence-electron chi connectivity index (χ2n) is 4.95. The normalized spacial score (nSPS) is 13.1. The molecular weight excluding hydrogens is 230 g/mol. The second kappa shape index (κ2) is 3.91. The first-order valence-electron chi connectivity index (χ1n) is 6.16. The first-order valence-corrected chi connectivity index (χ1v) is 6.16. The highest BCUT2D eigenvalue weighted by atomic mass is 19.1. The van der Waals surface area contributed by atoms with E-state index in [9.17, 15) is 8.78 Å². The van der Waals surface area contributed by atoms with Gasteiger partial charge in [-0.2, -0.15) is 0 Å². The van der Waals surface area contributed by atoms with Crippen LogP contribution in [-0.2, 0) is 12.8 Å². The Morgan fingerprint density at radius 1 is 0.722 bits per heavy atom. The summed E-state index contributed by atoms with van der Waals surface area (Å²) in [6.45, 7) is 3.53. The Hall–Kier alpha value is -1.70. The molecule has 92 valence electrons. The van der Waals surface area contributed by atoms with Gasteiger partial charge in [0.25, 0.3) is 0 Å². The molecule has 18 heavy (non-hydrogen) atoms. The summed E-state index contributed by atoms with van der Waals surface area (Å²) in [4.78, 5) is 0. The molecule has 2 heteroatoms. The van der Waals surface area contributed by atoms with Crippen LogP contribution in [0.5, 0.6) is 0 Å². The van der Waals surface area contributed by atoms with E-state index in [0.29, 0.717) is 24.0 Å². The van der Waals surface area contributed by atoms with E-state index in [0.717, 1.165) is 22.3 Å². The van der Waals surface area contributed by atoms with Crippen molar-refractivity contribution >= 4 is 0 Å². The van der Waals surface area contributed by atoms with Crippen molar-refractivity contribution in [3.05, 3.63) is 58.2 Å². The van der Waals surface area contributed by atoms with E-state index in [-0.39, 0.29) is 11.6 Å². The zero-order valence-corrected chi connectivity index (χ0v) is 10.5. The molecule has 0 aliphatic heterocycles. The number of hydrogen-bond acceptors (Lipinski definition) is 0. The lowest BCUT2D eigenvalue weighted by molar-refractivity contribution is 0.583. The molecule has 0 unspecified atom stereocenters. The molecule has 0 spiro atoms. The summed E-state index contributed by atoms with van der Waals surface area (Å²) < 4.78 is 28.1. The van der Waals surface area contributed by atoms with Crippen LogP contribution in [0, 0.1) is 25.5 Å². The van der Waals surface area contributed by atoms with Gasteiger partial charge in [-0.25, -0.2) is 8.78 Å². The summed E-state index contributed by atoms with van der Waals surface area (Å²) in [6, 6.07) is 7.34. The fourth-order valence-electron chi connectivity index (χ4n) is 2.72. The Labute approximate surface area is 105 Å². The van der Waals surface area contributed by atoms with Gasteiger partial charge in [0.1, 0.15) is 11.6 Å². The van der Waals surface area contributed by atoms with Crippen LogP contribution < -0.4 is 0 Å². The molecule has 0 fully saturated rings. The van der Waals surface area contributed by atoms with Gasteiger partial charge in [-0.15, -0.1) is 0 Å². The molecule has 2 aromatic carbocycles. The summed E-state index contributed by atoms with van der Waals surface area (Å²) >= 11 is 0. The second-order valence-corrected chi connectivity index (χ2v) is 4.95. The summed E-state index contributed by atoms with van der Waals surface area (Å²) in [7, 11) is 0. The number of hydrogen-bond donors (Lipinski definition) is 0. The molecule has 0 bridgehead atoms. The van der Waals surface area contributed by atoms with Crippen molar-refractivity contribution in [2.45, 2.75) is 26.7 Å². The zero-order chi connectivity index (χ0) is 12.9. The maximum absolute atomic E-state index is 14.1. The van der Waals surface area contributed by atoms with Crippen LogP contribution in [0.2, 0.25) is 0 Å². The highest BCUT2D eigenvalue weighted by Crippen LogP contribution is 2.37. The van der Waals surface area contributed by atoms with Crippen LogP contribution in [0.15, 0.2) is 24.3 Å². The molecule has 0 nitrogen and oxygen atoms in total. The van der Waals surface area contributed by atoms with E-state index in [1.807, 2.05) is 12.1 Å². The summed E-state index contributed by atoms with van der Waals surface area (Å²) in [5, 5.41) is 0. The van der Waals surface area contributed by atoms with Crippen LogP contribution in [0.1, 0.15) is 22.3 Å². The highest BCUT2D eigenvalue weighted by Gasteiger charge is 2.22. The van der Waals surface area contributed by atoms with E-state index in [1.165, 1.54) is 0 Å². The van der Waals surface area contributed by atoms with Gasteiger partial charge >= 0.3 is 0 Å². The van der Waals surface area contributed by atoms with Gasteiger partial charge in [0.05, 0.1) is 0 Å². The monoisotopic (exact) mass is 244 g/mol. The van der Waals surface area contributed by atoms with Crippen molar-refractivity contribution in [2.75, 3.05) is 0 Å². The molecule has 0 amide bonds. The van der Waals surface area contributed by atoms with Crippen molar-refractivity contribution in [2.24, 2.45) is 0 Å². The van der Waals surface area contributed by atoms with Gasteiger partial charge in [-0.3, -0.25) is 0 Å². The number of benzene rings is 2. The zero-order valence-electron chi connectivity index (χ0n) is 10.5.